The molecule has 2 aromatic carbocycles. The molecule has 0 aliphatic carbocycles. The molecule has 0 bridgehead atoms. The van der Waals surface area contributed by atoms with E-state index < -0.39 is 19.8 Å². The van der Waals surface area contributed by atoms with E-state index in [-0.39, 0.29) is 0 Å². The fourth-order valence-corrected chi connectivity index (χ4v) is 2.26. The first-order valence-electron chi connectivity index (χ1n) is 7.12. The van der Waals surface area contributed by atoms with E-state index in [0.29, 0.717) is 11.5 Å². The van der Waals surface area contributed by atoms with Crippen LogP contribution in [0.3, 0.4) is 0 Å². The Morgan fingerprint density at radius 1 is 0.913 bits per heavy atom. The Balaban J connectivity index is 2.25. The van der Waals surface area contributed by atoms with Crippen LogP contribution in [0.25, 0.3) is 0 Å². The lowest BCUT2D eigenvalue weighted by Gasteiger charge is -2.10. The second-order valence-electron chi connectivity index (χ2n) is 6.12. The van der Waals surface area contributed by atoms with Gasteiger partial charge in [-0.1, -0.05) is 37.7 Å². The van der Waals surface area contributed by atoms with E-state index in [4.69, 9.17) is 4.74 Å². The molecule has 0 unspecified atom stereocenters. The summed E-state index contributed by atoms with van der Waals surface area (Å²) in [5.74, 6) is 4.00. The van der Waals surface area contributed by atoms with Gasteiger partial charge in [0.15, 0.2) is 0 Å². The van der Waals surface area contributed by atoms with Gasteiger partial charge in [0.25, 0.3) is 0 Å². The largest absolute Gasteiger partial charge is 0.456 e. The number of halogens is 3. The molecule has 0 fully saturated rings. The zero-order chi connectivity index (χ0) is 17.1. The molecular formula is C18H17F3OSi. The Morgan fingerprint density at radius 3 is 2.09 bits per heavy atom. The molecular weight excluding hydrogens is 317 g/mol. The minimum atomic E-state index is -4.35. The second kappa shape index (κ2) is 6.51. The molecule has 120 valence electrons. The first-order chi connectivity index (χ1) is 10.6. The topological polar surface area (TPSA) is 9.23 Å². The van der Waals surface area contributed by atoms with Gasteiger partial charge in [0.2, 0.25) is 0 Å². The lowest BCUT2D eigenvalue weighted by molar-refractivity contribution is -0.137. The van der Waals surface area contributed by atoms with Gasteiger partial charge in [-0.05, 0) is 36.4 Å². The lowest BCUT2D eigenvalue weighted by Crippen LogP contribution is -2.16. The molecule has 0 heterocycles. The van der Waals surface area contributed by atoms with Gasteiger partial charge < -0.3 is 4.74 Å². The van der Waals surface area contributed by atoms with Crippen molar-refractivity contribution in [1.29, 1.82) is 0 Å². The van der Waals surface area contributed by atoms with E-state index in [1.807, 2.05) is 12.1 Å². The van der Waals surface area contributed by atoms with Crippen LogP contribution in [-0.2, 0) is 6.18 Å². The molecule has 0 radical (unpaired) electrons. The Bertz CT molecular complexity index is 732. The van der Waals surface area contributed by atoms with Crippen molar-refractivity contribution < 1.29 is 17.9 Å². The number of hydrogen-bond acceptors (Lipinski definition) is 1. The highest BCUT2D eigenvalue weighted by Crippen LogP contribution is 2.32. The average Bonchev–Trinajstić information content (AvgIpc) is 2.45. The summed E-state index contributed by atoms with van der Waals surface area (Å²) < 4.78 is 43.4. The maximum atomic E-state index is 12.6. The Hall–Kier alpha value is -2.19. The SMILES string of the molecule is C[Si](C)(C)C#Cc1ccccc1Oc1ccc(C(F)(F)F)cc1. The smallest absolute Gasteiger partial charge is 0.416 e. The Labute approximate surface area is 135 Å². The van der Waals surface area contributed by atoms with Crippen LogP contribution in [0.5, 0.6) is 11.5 Å². The minimum Gasteiger partial charge on any atom is -0.456 e. The summed E-state index contributed by atoms with van der Waals surface area (Å²) in [4.78, 5) is 0. The van der Waals surface area contributed by atoms with Gasteiger partial charge in [-0.25, -0.2) is 0 Å². The number of benzene rings is 2. The predicted octanol–water partition coefficient (Wildman–Crippen LogP) is 5.73. The molecule has 0 aromatic heterocycles. The number of para-hydroxylation sites is 1. The molecule has 0 atom stereocenters. The highest BCUT2D eigenvalue weighted by molar-refractivity contribution is 6.83. The normalized spacial score (nSPS) is 11.6. The number of ether oxygens (including phenoxy) is 1. The summed E-state index contributed by atoms with van der Waals surface area (Å²) in [6, 6.07) is 11.9. The van der Waals surface area contributed by atoms with Crippen molar-refractivity contribution >= 4 is 8.07 Å². The molecule has 0 saturated carbocycles. The molecule has 0 amide bonds. The molecule has 2 rings (SSSR count). The maximum Gasteiger partial charge on any atom is 0.416 e. The summed E-state index contributed by atoms with van der Waals surface area (Å²) >= 11 is 0. The summed E-state index contributed by atoms with van der Waals surface area (Å²) in [5.41, 5.74) is 3.29. The summed E-state index contributed by atoms with van der Waals surface area (Å²) in [7, 11) is -1.53. The number of rotatable bonds is 2. The first-order valence-corrected chi connectivity index (χ1v) is 10.6. The highest BCUT2D eigenvalue weighted by Gasteiger charge is 2.30. The standard InChI is InChI=1S/C18H17F3OSi/c1-23(2,3)13-12-14-6-4-5-7-17(14)22-16-10-8-15(9-11-16)18(19,20)21/h4-11H,1-3H3. The van der Waals surface area contributed by atoms with Crippen molar-refractivity contribution in [2.45, 2.75) is 25.8 Å². The fourth-order valence-electron chi connectivity index (χ4n) is 1.75. The van der Waals surface area contributed by atoms with Crippen LogP contribution in [-0.4, -0.2) is 8.07 Å². The van der Waals surface area contributed by atoms with Gasteiger partial charge in [-0.2, -0.15) is 13.2 Å². The lowest BCUT2D eigenvalue weighted by atomic mass is 10.2. The van der Waals surface area contributed by atoms with Crippen molar-refractivity contribution in [3.63, 3.8) is 0 Å². The van der Waals surface area contributed by atoms with Gasteiger partial charge in [-0.15, -0.1) is 5.54 Å². The molecule has 0 N–H and O–H groups in total. The quantitative estimate of drug-likeness (QED) is 0.504. The maximum absolute atomic E-state index is 12.6. The molecule has 5 heteroatoms. The third-order valence-corrected chi connectivity index (χ3v) is 3.74. The van der Waals surface area contributed by atoms with Gasteiger partial charge in [0.05, 0.1) is 11.1 Å². The predicted molar refractivity (Wildman–Crippen MR) is 88.2 cm³/mol. The summed E-state index contributed by atoms with van der Waals surface area (Å²) in [6.07, 6.45) is -4.35. The zero-order valence-corrected chi connectivity index (χ0v) is 14.2. The van der Waals surface area contributed by atoms with E-state index in [1.165, 1.54) is 12.1 Å². The molecule has 23 heavy (non-hydrogen) atoms. The number of hydrogen-bond donors (Lipinski definition) is 0. The van der Waals surface area contributed by atoms with Gasteiger partial charge >= 0.3 is 6.18 Å². The van der Waals surface area contributed by atoms with E-state index in [9.17, 15) is 13.2 Å². The van der Waals surface area contributed by atoms with Crippen LogP contribution in [0.1, 0.15) is 11.1 Å². The van der Waals surface area contributed by atoms with Gasteiger partial charge in [-0.3, -0.25) is 0 Å². The summed E-state index contributed by atoms with van der Waals surface area (Å²) in [6.45, 7) is 6.41. The highest BCUT2D eigenvalue weighted by atomic mass is 28.3. The van der Waals surface area contributed by atoms with Crippen molar-refractivity contribution in [1.82, 2.24) is 0 Å². The van der Waals surface area contributed by atoms with E-state index in [0.717, 1.165) is 17.7 Å². The average molecular weight is 334 g/mol. The van der Waals surface area contributed by atoms with Gasteiger partial charge in [0, 0.05) is 0 Å². The monoisotopic (exact) mass is 334 g/mol. The van der Waals surface area contributed by atoms with Crippen molar-refractivity contribution in [3.05, 3.63) is 59.7 Å². The molecule has 2 aromatic rings. The number of alkyl halides is 3. The molecule has 0 spiro atoms. The second-order valence-corrected chi connectivity index (χ2v) is 10.9. The fraction of sp³-hybridized carbons (Fsp3) is 0.222. The van der Waals surface area contributed by atoms with Crippen LogP contribution >= 0.6 is 0 Å². The third-order valence-electron chi connectivity index (χ3n) is 2.87. The first kappa shape index (κ1) is 17.2. The Morgan fingerprint density at radius 2 is 1.52 bits per heavy atom. The molecule has 0 aliphatic rings. The van der Waals surface area contributed by atoms with Crippen molar-refractivity contribution in [3.8, 4) is 23.0 Å². The van der Waals surface area contributed by atoms with Crippen molar-refractivity contribution in [2.75, 3.05) is 0 Å². The Kier molecular flexibility index (Phi) is 4.86. The third kappa shape index (κ3) is 5.18. The van der Waals surface area contributed by atoms with Crippen LogP contribution in [0.2, 0.25) is 19.6 Å². The van der Waals surface area contributed by atoms with E-state index in [2.05, 4.69) is 31.1 Å². The van der Waals surface area contributed by atoms with Crippen LogP contribution in [0.4, 0.5) is 13.2 Å². The molecule has 1 nitrogen and oxygen atoms in total. The zero-order valence-electron chi connectivity index (χ0n) is 13.2. The minimum absolute atomic E-state index is 0.347. The van der Waals surface area contributed by atoms with E-state index >= 15 is 0 Å². The summed E-state index contributed by atoms with van der Waals surface area (Å²) in [5, 5.41) is 0. The van der Waals surface area contributed by atoms with E-state index in [1.54, 1.807) is 12.1 Å². The molecule has 0 saturated heterocycles. The van der Waals surface area contributed by atoms with Crippen molar-refractivity contribution in [2.24, 2.45) is 0 Å². The van der Waals surface area contributed by atoms with Crippen LogP contribution < -0.4 is 4.74 Å². The molecule has 0 aliphatic heterocycles. The van der Waals surface area contributed by atoms with Gasteiger partial charge in [0.1, 0.15) is 19.6 Å². The van der Waals surface area contributed by atoms with Crippen LogP contribution in [0, 0.1) is 11.5 Å². The van der Waals surface area contributed by atoms with Crippen LogP contribution in [0.15, 0.2) is 48.5 Å².